The van der Waals surface area contributed by atoms with Crippen molar-refractivity contribution in [2.75, 3.05) is 57.3 Å². The van der Waals surface area contributed by atoms with E-state index >= 15 is 0 Å². The van der Waals surface area contributed by atoms with E-state index < -0.39 is 0 Å². The van der Waals surface area contributed by atoms with Crippen molar-refractivity contribution in [3.8, 4) is 0 Å². The molecule has 2 saturated heterocycles. The van der Waals surface area contributed by atoms with Crippen LogP contribution in [0.4, 0.5) is 5.69 Å². The normalized spacial score (nSPS) is 20.3. The minimum atomic E-state index is -0.103. The molecule has 2 fully saturated rings. The van der Waals surface area contributed by atoms with Gasteiger partial charge in [0.25, 0.3) is 0 Å². The summed E-state index contributed by atoms with van der Waals surface area (Å²) in [6.07, 6.45) is 3.93. The molecule has 2 heterocycles. The maximum absolute atomic E-state index is 11.6. The number of likely N-dealkylation sites (tertiary alicyclic amines) is 1. The number of hydrazone groups is 1. The monoisotopic (exact) mass is 373 g/mol. The first-order chi connectivity index (χ1) is 13.2. The molecule has 2 aliphatic rings. The lowest BCUT2D eigenvalue weighted by Gasteiger charge is -2.43. The standard InChI is InChI=1S/C20H31N5O2/c1-2-27-20(26)16-23-9-7-19(8-10-23)25-13-11-24(12-14-25)18-5-3-17(4-6-18)15-22-21/h3-6,15,19H,2,7-14,16,21H2,1H3. The molecule has 0 aromatic heterocycles. The fraction of sp³-hybridized carbons (Fsp3) is 0.600. The van der Waals surface area contributed by atoms with Crippen molar-refractivity contribution in [2.24, 2.45) is 10.9 Å². The number of piperazine rings is 1. The van der Waals surface area contributed by atoms with E-state index in [1.54, 1.807) is 6.21 Å². The van der Waals surface area contributed by atoms with Crippen LogP contribution in [0.25, 0.3) is 0 Å². The summed E-state index contributed by atoms with van der Waals surface area (Å²) in [7, 11) is 0. The van der Waals surface area contributed by atoms with E-state index in [2.05, 4.69) is 44.1 Å². The minimum Gasteiger partial charge on any atom is -0.465 e. The van der Waals surface area contributed by atoms with Crippen molar-refractivity contribution in [3.63, 3.8) is 0 Å². The van der Waals surface area contributed by atoms with Crippen LogP contribution in [-0.4, -0.2) is 80.4 Å². The summed E-state index contributed by atoms with van der Waals surface area (Å²) in [5.41, 5.74) is 2.28. The zero-order valence-corrected chi connectivity index (χ0v) is 16.2. The van der Waals surface area contributed by atoms with Crippen molar-refractivity contribution in [3.05, 3.63) is 29.8 Å². The topological polar surface area (TPSA) is 74.4 Å². The maximum Gasteiger partial charge on any atom is 0.320 e. The molecule has 1 aromatic carbocycles. The number of benzene rings is 1. The van der Waals surface area contributed by atoms with E-state index in [9.17, 15) is 4.79 Å². The Hall–Kier alpha value is -2.12. The van der Waals surface area contributed by atoms with E-state index in [4.69, 9.17) is 10.6 Å². The molecule has 0 spiro atoms. The maximum atomic E-state index is 11.6. The highest BCUT2D eigenvalue weighted by atomic mass is 16.5. The van der Waals surface area contributed by atoms with E-state index in [0.29, 0.717) is 19.2 Å². The number of carbonyl (C=O) groups excluding carboxylic acids is 1. The van der Waals surface area contributed by atoms with Crippen LogP contribution in [0.3, 0.4) is 0 Å². The summed E-state index contributed by atoms with van der Waals surface area (Å²) in [6.45, 7) is 8.99. The quantitative estimate of drug-likeness (QED) is 0.349. The summed E-state index contributed by atoms with van der Waals surface area (Å²) >= 11 is 0. The molecule has 0 saturated carbocycles. The van der Waals surface area contributed by atoms with Crippen molar-refractivity contribution >= 4 is 17.9 Å². The summed E-state index contributed by atoms with van der Waals surface area (Å²) in [5.74, 6) is 5.10. The first kappa shape index (κ1) is 19.6. The predicted octanol–water partition coefficient (Wildman–Crippen LogP) is 1.13. The predicted molar refractivity (Wildman–Crippen MR) is 108 cm³/mol. The van der Waals surface area contributed by atoms with E-state index in [0.717, 1.165) is 57.7 Å². The van der Waals surface area contributed by atoms with Gasteiger partial charge in [0.1, 0.15) is 0 Å². The number of nitrogens with two attached hydrogens (primary N) is 1. The SMILES string of the molecule is CCOC(=O)CN1CCC(N2CCN(c3ccc(C=NN)cc3)CC2)CC1. The first-order valence-electron chi connectivity index (χ1n) is 9.90. The first-order valence-corrected chi connectivity index (χ1v) is 9.90. The third kappa shape index (κ3) is 5.43. The van der Waals surface area contributed by atoms with Gasteiger partial charge in [-0.05, 0) is 37.5 Å². The Balaban J connectivity index is 1.42. The number of rotatable bonds is 6. The molecule has 2 N–H and O–H groups in total. The molecule has 0 bridgehead atoms. The van der Waals surface area contributed by atoms with Gasteiger partial charge in [0.05, 0.1) is 19.4 Å². The summed E-state index contributed by atoms with van der Waals surface area (Å²) in [6, 6.07) is 9.02. The van der Waals surface area contributed by atoms with Gasteiger partial charge in [0.2, 0.25) is 0 Å². The van der Waals surface area contributed by atoms with Crippen molar-refractivity contribution < 1.29 is 9.53 Å². The largest absolute Gasteiger partial charge is 0.465 e. The molecule has 0 unspecified atom stereocenters. The van der Waals surface area contributed by atoms with Crippen molar-refractivity contribution in [2.45, 2.75) is 25.8 Å². The zero-order valence-electron chi connectivity index (χ0n) is 16.2. The van der Waals surface area contributed by atoms with Crippen LogP contribution in [-0.2, 0) is 9.53 Å². The molecule has 0 atom stereocenters. The van der Waals surface area contributed by atoms with Gasteiger partial charge < -0.3 is 15.5 Å². The molecule has 0 radical (unpaired) electrons. The van der Waals surface area contributed by atoms with Gasteiger partial charge in [0.15, 0.2) is 0 Å². The van der Waals surface area contributed by atoms with Gasteiger partial charge in [0, 0.05) is 51.0 Å². The van der Waals surface area contributed by atoms with Crippen LogP contribution < -0.4 is 10.7 Å². The molecule has 7 heteroatoms. The average molecular weight is 374 g/mol. The van der Waals surface area contributed by atoms with Gasteiger partial charge in [-0.3, -0.25) is 14.6 Å². The van der Waals surface area contributed by atoms with Gasteiger partial charge in [-0.2, -0.15) is 5.10 Å². The van der Waals surface area contributed by atoms with E-state index in [1.807, 2.05) is 6.92 Å². The number of carbonyl (C=O) groups is 1. The Morgan fingerprint density at radius 1 is 1.15 bits per heavy atom. The molecular weight excluding hydrogens is 342 g/mol. The highest BCUT2D eigenvalue weighted by Gasteiger charge is 2.28. The second-order valence-electron chi connectivity index (χ2n) is 7.21. The van der Waals surface area contributed by atoms with Crippen molar-refractivity contribution in [1.29, 1.82) is 0 Å². The molecule has 27 heavy (non-hydrogen) atoms. The number of anilines is 1. The van der Waals surface area contributed by atoms with Crippen LogP contribution >= 0.6 is 0 Å². The molecule has 1 aromatic rings. The van der Waals surface area contributed by atoms with Gasteiger partial charge >= 0.3 is 5.97 Å². The van der Waals surface area contributed by atoms with Gasteiger partial charge in [-0.25, -0.2) is 0 Å². The van der Waals surface area contributed by atoms with Gasteiger partial charge in [-0.15, -0.1) is 0 Å². The fourth-order valence-corrected chi connectivity index (χ4v) is 4.03. The van der Waals surface area contributed by atoms with Crippen LogP contribution in [0.15, 0.2) is 29.4 Å². The lowest BCUT2D eigenvalue weighted by atomic mass is 10.0. The molecule has 2 aliphatic heterocycles. The second-order valence-corrected chi connectivity index (χ2v) is 7.21. The summed E-state index contributed by atoms with van der Waals surface area (Å²) in [5, 5.41) is 3.57. The highest BCUT2D eigenvalue weighted by Crippen LogP contribution is 2.21. The highest BCUT2D eigenvalue weighted by molar-refractivity contribution is 5.80. The number of ether oxygens (including phenoxy) is 1. The second kappa shape index (κ2) is 9.71. The van der Waals surface area contributed by atoms with E-state index in [1.165, 1.54) is 5.69 Å². The molecular formula is C20H31N5O2. The number of nitrogens with zero attached hydrogens (tertiary/aromatic N) is 4. The lowest BCUT2D eigenvalue weighted by Crippen LogP contribution is -2.53. The Kier molecular flexibility index (Phi) is 7.06. The van der Waals surface area contributed by atoms with Crippen LogP contribution in [0.5, 0.6) is 0 Å². The minimum absolute atomic E-state index is 0.103. The van der Waals surface area contributed by atoms with Crippen LogP contribution in [0.2, 0.25) is 0 Å². The fourth-order valence-electron chi connectivity index (χ4n) is 4.03. The van der Waals surface area contributed by atoms with Crippen molar-refractivity contribution in [1.82, 2.24) is 9.80 Å². The smallest absolute Gasteiger partial charge is 0.320 e. The third-order valence-corrected chi connectivity index (χ3v) is 5.53. The number of esters is 1. The lowest BCUT2D eigenvalue weighted by molar-refractivity contribution is -0.144. The molecule has 0 aliphatic carbocycles. The number of piperidine rings is 1. The van der Waals surface area contributed by atoms with Crippen LogP contribution in [0.1, 0.15) is 25.3 Å². The third-order valence-electron chi connectivity index (χ3n) is 5.53. The number of hydrogen-bond acceptors (Lipinski definition) is 7. The Morgan fingerprint density at radius 3 is 2.41 bits per heavy atom. The molecule has 0 amide bonds. The Labute approximate surface area is 161 Å². The number of hydrogen-bond donors (Lipinski definition) is 1. The van der Waals surface area contributed by atoms with Crippen LogP contribution in [0, 0.1) is 0 Å². The Bertz CT molecular complexity index is 618. The molecule has 148 valence electrons. The van der Waals surface area contributed by atoms with E-state index in [-0.39, 0.29) is 5.97 Å². The summed E-state index contributed by atoms with van der Waals surface area (Å²) in [4.78, 5) is 18.9. The zero-order chi connectivity index (χ0) is 19.1. The summed E-state index contributed by atoms with van der Waals surface area (Å²) < 4.78 is 5.05. The molecule has 7 nitrogen and oxygen atoms in total. The average Bonchev–Trinajstić information content (AvgIpc) is 2.70. The molecule has 3 rings (SSSR count). The van der Waals surface area contributed by atoms with Gasteiger partial charge in [-0.1, -0.05) is 12.1 Å². The Morgan fingerprint density at radius 2 is 1.81 bits per heavy atom.